The number of halogens is 1. The van der Waals surface area contributed by atoms with Gasteiger partial charge >= 0.3 is 0 Å². The van der Waals surface area contributed by atoms with Crippen molar-refractivity contribution in [3.05, 3.63) is 0 Å². The fraction of sp³-hybridized carbons (Fsp3) is 1.00. The molecule has 1 rings (SSSR count). The van der Waals surface area contributed by atoms with E-state index in [0.717, 1.165) is 6.61 Å². The Balaban J connectivity index is 1.88. The van der Waals surface area contributed by atoms with Crippen LogP contribution in [0.25, 0.3) is 0 Å². The first kappa shape index (κ1) is 4.06. The van der Waals surface area contributed by atoms with Crippen LogP contribution in [-0.2, 0) is 4.74 Å². The van der Waals surface area contributed by atoms with Crippen LogP contribution in [0.2, 0.25) is 0 Å². The number of rotatable bonds is 2. The summed E-state index contributed by atoms with van der Waals surface area (Å²) in [6.07, 6.45) is 0.870. The van der Waals surface area contributed by atoms with Crippen molar-refractivity contribution in [2.45, 2.75) is 12.5 Å². The van der Waals surface area contributed by atoms with E-state index in [0.29, 0.717) is 6.42 Å². The molecule has 0 unspecified atom stereocenters. The number of alkyl halides is 1. The second-order valence-electron chi connectivity index (χ2n) is 1.43. The molecule has 1 heterocycles. The topological polar surface area (TPSA) is 12.5 Å². The molecule has 0 spiro atoms. The Morgan fingerprint density at radius 1 is 1.83 bits per heavy atom. The molecule has 1 fully saturated rings. The molecular formula is C4H7FO. The Bertz CT molecular complexity index is 42.8. The predicted octanol–water partition coefficient (Wildman–Crippen LogP) is 0.745. The molecule has 1 nitrogen and oxygen atoms in total. The molecule has 0 amide bonds. The summed E-state index contributed by atoms with van der Waals surface area (Å²) in [6.45, 7) is 0.550. The molecule has 0 aromatic rings. The normalized spacial score (nSPS) is 30.5. The summed E-state index contributed by atoms with van der Waals surface area (Å²) in [5, 5.41) is 0. The molecular weight excluding hydrogens is 83.0 g/mol. The fourth-order valence-electron chi connectivity index (χ4n) is 0.356. The van der Waals surface area contributed by atoms with Gasteiger partial charge < -0.3 is 4.74 Å². The molecule has 0 aliphatic carbocycles. The molecule has 1 aliphatic heterocycles. The second-order valence-corrected chi connectivity index (χ2v) is 1.43. The Morgan fingerprint density at radius 2 is 2.50 bits per heavy atom. The van der Waals surface area contributed by atoms with Crippen LogP contribution in [0.1, 0.15) is 6.42 Å². The molecule has 1 atom stereocenters. The summed E-state index contributed by atoms with van der Waals surface area (Å²) in [7, 11) is 0. The third kappa shape index (κ3) is 0.937. The molecule has 2 heteroatoms. The second kappa shape index (κ2) is 1.56. The highest BCUT2D eigenvalue weighted by molar-refractivity contribution is 4.66. The van der Waals surface area contributed by atoms with E-state index < -0.39 is 0 Å². The van der Waals surface area contributed by atoms with Gasteiger partial charge in [0, 0.05) is 6.42 Å². The third-order valence-electron chi connectivity index (χ3n) is 0.833. The zero-order valence-electron chi connectivity index (χ0n) is 3.48. The molecule has 36 valence electrons. The zero-order valence-corrected chi connectivity index (χ0v) is 3.48. The van der Waals surface area contributed by atoms with Crippen molar-refractivity contribution in [3.8, 4) is 0 Å². The van der Waals surface area contributed by atoms with E-state index in [9.17, 15) is 4.39 Å². The van der Waals surface area contributed by atoms with Crippen molar-refractivity contribution >= 4 is 0 Å². The van der Waals surface area contributed by atoms with Gasteiger partial charge in [-0.05, 0) is 0 Å². The highest BCUT2D eigenvalue weighted by Crippen LogP contribution is 2.12. The Labute approximate surface area is 36.1 Å². The summed E-state index contributed by atoms with van der Waals surface area (Å²) in [6, 6.07) is 0. The van der Waals surface area contributed by atoms with E-state index in [-0.39, 0.29) is 12.8 Å². The van der Waals surface area contributed by atoms with Gasteiger partial charge in [0.2, 0.25) is 0 Å². The molecule has 1 aliphatic rings. The van der Waals surface area contributed by atoms with Gasteiger partial charge in [-0.25, -0.2) is 0 Å². The highest BCUT2D eigenvalue weighted by atomic mass is 19.1. The SMILES string of the molecule is FCC[C@H]1CO1. The van der Waals surface area contributed by atoms with Crippen LogP contribution >= 0.6 is 0 Å². The van der Waals surface area contributed by atoms with E-state index in [1.807, 2.05) is 0 Å². The van der Waals surface area contributed by atoms with Crippen molar-refractivity contribution in [3.63, 3.8) is 0 Å². The number of hydrogen-bond donors (Lipinski definition) is 0. The van der Waals surface area contributed by atoms with Crippen LogP contribution in [0.5, 0.6) is 0 Å². The Morgan fingerprint density at radius 3 is 2.67 bits per heavy atom. The first-order chi connectivity index (χ1) is 2.93. The minimum absolute atomic E-state index is 0.231. The molecule has 0 aromatic heterocycles. The molecule has 6 heavy (non-hydrogen) atoms. The number of hydrogen-bond acceptors (Lipinski definition) is 1. The van der Waals surface area contributed by atoms with Crippen LogP contribution in [0.3, 0.4) is 0 Å². The molecule has 1 saturated heterocycles. The van der Waals surface area contributed by atoms with Gasteiger partial charge in [-0.2, -0.15) is 0 Å². The zero-order chi connectivity index (χ0) is 4.41. The maximum Gasteiger partial charge on any atom is 0.0920 e. The van der Waals surface area contributed by atoms with Gasteiger partial charge in [0.15, 0.2) is 0 Å². The summed E-state index contributed by atoms with van der Waals surface area (Å²) < 4.78 is 15.9. The van der Waals surface area contributed by atoms with Gasteiger partial charge in [-0.3, -0.25) is 4.39 Å². The van der Waals surface area contributed by atoms with E-state index in [2.05, 4.69) is 0 Å². The average Bonchev–Trinajstić information content (AvgIpc) is 2.21. The Kier molecular flexibility index (Phi) is 1.05. The lowest BCUT2D eigenvalue weighted by Crippen LogP contribution is -1.83. The first-order valence-electron chi connectivity index (χ1n) is 2.11. The van der Waals surface area contributed by atoms with Gasteiger partial charge in [-0.1, -0.05) is 0 Å². The predicted molar refractivity (Wildman–Crippen MR) is 20.3 cm³/mol. The van der Waals surface area contributed by atoms with Crippen LogP contribution in [0.15, 0.2) is 0 Å². The molecule has 0 saturated carbocycles. The maximum atomic E-state index is 11.2. The summed E-state index contributed by atoms with van der Waals surface area (Å²) >= 11 is 0. The van der Waals surface area contributed by atoms with Crippen LogP contribution in [0.4, 0.5) is 4.39 Å². The van der Waals surface area contributed by atoms with E-state index in [1.165, 1.54) is 0 Å². The van der Waals surface area contributed by atoms with Crippen LogP contribution in [-0.4, -0.2) is 19.4 Å². The third-order valence-corrected chi connectivity index (χ3v) is 0.833. The van der Waals surface area contributed by atoms with Crippen molar-refractivity contribution in [1.82, 2.24) is 0 Å². The minimum atomic E-state index is -0.231. The standard InChI is InChI=1S/C4H7FO/c5-2-1-4-3-6-4/h4H,1-3H2/t4-/m0/s1. The quantitative estimate of drug-likeness (QED) is 0.456. The Hall–Kier alpha value is -0.110. The fourth-order valence-corrected chi connectivity index (χ4v) is 0.356. The molecule has 0 aromatic carbocycles. The molecule has 0 radical (unpaired) electrons. The first-order valence-corrected chi connectivity index (χ1v) is 2.11. The van der Waals surface area contributed by atoms with E-state index in [1.54, 1.807) is 0 Å². The van der Waals surface area contributed by atoms with Crippen molar-refractivity contribution in [1.29, 1.82) is 0 Å². The lowest BCUT2D eigenvalue weighted by molar-refractivity contribution is 0.363. The van der Waals surface area contributed by atoms with Crippen molar-refractivity contribution < 1.29 is 9.13 Å². The monoisotopic (exact) mass is 90.0 g/mol. The van der Waals surface area contributed by atoms with Gasteiger partial charge in [0.25, 0.3) is 0 Å². The lowest BCUT2D eigenvalue weighted by Gasteiger charge is -1.77. The number of epoxide rings is 1. The van der Waals surface area contributed by atoms with Crippen LogP contribution in [0, 0.1) is 0 Å². The van der Waals surface area contributed by atoms with Crippen molar-refractivity contribution in [2.24, 2.45) is 0 Å². The maximum absolute atomic E-state index is 11.2. The average molecular weight is 90.1 g/mol. The van der Waals surface area contributed by atoms with Gasteiger partial charge in [0.05, 0.1) is 19.4 Å². The summed E-state index contributed by atoms with van der Waals surface area (Å²) in [5.41, 5.74) is 0. The summed E-state index contributed by atoms with van der Waals surface area (Å²) in [5.74, 6) is 0. The van der Waals surface area contributed by atoms with Gasteiger partial charge in [-0.15, -0.1) is 0 Å². The van der Waals surface area contributed by atoms with E-state index >= 15 is 0 Å². The molecule has 0 bridgehead atoms. The van der Waals surface area contributed by atoms with Crippen LogP contribution < -0.4 is 0 Å². The largest absolute Gasteiger partial charge is 0.373 e. The minimum Gasteiger partial charge on any atom is -0.373 e. The van der Waals surface area contributed by atoms with E-state index in [4.69, 9.17) is 4.74 Å². The smallest absolute Gasteiger partial charge is 0.0920 e. The van der Waals surface area contributed by atoms with Gasteiger partial charge in [0.1, 0.15) is 0 Å². The summed E-state index contributed by atoms with van der Waals surface area (Å²) in [4.78, 5) is 0. The van der Waals surface area contributed by atoms with Crippen molar-refractivity contribution in [2.75, 3.05) is 13.3 Å². The number of ether oxygens (including phenoxy) is 1. The molecule has 0 N–H and O–H groups in total. The highest BCUT2D eigenvalue weighted by Gasteiger charge is 2.20. The lowest BCUT2D eigenvalue weighted by atomic mass is 10.4.